The van der Waals surface area contributed by atoms with Crippen molar-refractivity contribution in [2.75, 3.05) is 6.54 Å². The Balaban J connectivity index is 1.78. The lowest BCUT2D eigenvalue weighted by Crippen LogP contribution is -2.31. The van der Waals surface area contributed by atoms with Crippen LogP contribution in [0.5, 0.6) is 0 Å². The molecule has 3 heterocycles. The summed E-state index contributed by atoms with van der Waals surface area (Å²) in [7, 11) is 0. The molecule has 0 aromatic carbocycles. The maximum Gasteiger partial charge on any atom is 0.451 e. The van der Waals surface area contributed by atoms with Crippen LogP contribution in [0.4, 0.5) is 13.2 Å². The number of rotatable bonds is 2. The van der Waals surface area contributed by atoms with Gasteiger partial charge in [0.15, 0.2) is 0 Å². The van der Waals surface area contributed by atoms with Gasteiger partial charge in [0.05, 0.1) is 5.69 Å². The molecule has 1 aliphatic rings. The van der Waals surface area contributed by atoms with E-state index in [0.29, 0.717) is 25.2 Å². The van der Waals surface area contributed by atoms with Crippen molar-refractivity contribution in [1.82, 2.24) is 19.9 Å². The number of hydrogen-bond donors (Lipinski definition) is 0. The fraction of sp³-hybridized carbons (Fsp3) is 0.357. The Hall–Kier alpha value is -2.02. The first-order valence-electron chi connectivity index (χ1n) is 6.55. The predicted molar refractivity (Wildman–Crippen MR) is 69.1 cm³/mol. The van der Waals surface area contributed by atoms with Crippen LogP contribution in [0.15, 0.2) is 30.7 Å². The molecule has 0 unspecified atom stereocenters. The number of pyridine rings is 1. The van der Waals surface area contributed by atoms with Gasteiger partial charge in [-0.05, 0) is 29.7 Å². The molecule has 0 bridgehead atoms. The second kappa shape index (κ2) is 5.40. The molecule has 0 aliphatic carbocycles. The smallest absolute Gasteiger partial charge is 0.293 e. The lowest BCUT2D eigenvalue weighted by atomic mass is 10.1. The molecule has 2 aromatic rings. The highest BCUT2D eigenvalue weighted by Crippen LogP contribution is 2.27. The zero-order chi connectivity index (χ0) is 14.9. The fourth-order valence-corrected chi connectivity index (χ4v) is 2.38. The lowest BCUT2D eigenvalue weighted by molar-refractivity contribution is -0.145. The summed E-state index contributed by atoms with van der Waals surface area (Å²) >= 11 is 0. The maximum absolute atomic E-state index is 12.7. The Kier molecular flexibility index (Phi) is 3.59. The van der Waals surface area contributed by atoms with E-state index in [-0.39, 0.29) is 0 Å². The molecular formula is C14H13F3N4. The molecule has 0 spiro atoms. The molecule has 21 heavy (non-hydrogen) atoms. The second-order valence-electron chi connectivity index (χ2n) is 4.98. The van der Waals surface area contributed by atoms with E-state index in [1.165, 1.54) is 6.20 Å². The maximum atomic E-state index is 12.7. The van der Waals surface area contributed by atoms with Gasteiger partial charge in [-0.25, -0.2) is 9.97 Å². The van der Waals surface area contributed by atoms with Crippen molar-refractivity contribution in [3.8, 4) is 0 Å². The van der Waals surface area contributed by atoms with Crippen molar-refractivity contribution in [1.29, 1.82) is 0 Å². The highest BCUT2D eigenvalue weighted by Gasteiger charge is 2.35. The zero-order valence-corrected chi connectivity index (χ0v) is 11.1. The topological polar surface area (TPSA) is 41.9 Å². The van der Waals surface area contributed by atoms with Gasteiger partial charge in [0.25, 0.3) is 0 Å². The van der Waals surface area contributed by atoms with Crippen LogP contribution < -0.4 is 0 Å². The molecule has 2 aromatic heterocycles. The minimum atomic E-state index is -4.50. The summed E-state index contributed by atoms with van der Waals surface area (Å²) in [5.74, 6) is -1.06. The summed E-state index contributed by atoms with van der Waals surface area (Å²) in [6.45, 7) is 1.86. The lowest BCUT2D eigenvalue weighted by Gasteiger charge is -2.28. The van der Waals surface area contributed by atoms with E-state index >= 15 is 0 Å². The highest BCUT2D eigenvalue weighted by molar-refractivity contribution is 5.22. The van der Waals surface area contributed by atoms with Gasteiger partial charge in [-0.1, -0.05) is 0 Å². The van der Waals surface area contributed by atoms with Crippen molar-refractivity contribution in [3.05, 3.63) is 53.4 Å². The average Bonchev–Trinajstić information content (AvgIpc) is 2.46. The molecule has 0 amide bonds. The van der Waals surface area contributed by atoms with Crippen molar-refractivity contribution in [2.45, 2.75) is 25.7 Å². The summed E-state index contributed by atoms with van der Waals surface area (Å²) in [4.78, 5) is 13.1. The van der Waals surface area contributed by atoms with Crippen molar-refractivity contribution in [2.24, 2.45) is 0 Å². The Morgan fingerprint density at radius 2 is 1.95 bits per heavy atom. The molecule has 1 aliphatic heterocycles. The number of halogens is 3. The Labute approximate surface area is 119 Å². The molecule has 0 N–H and O–H groups in total. The molecule has 7 heteroatoms. The average molecular weight is 294 g/mol. The van der Waals surface area contributed by atoms with E-state index < -0.39 is 12.0 Å². The molecule has 0 fully saturated rings. The Bertz CT molecular complexity index is 628. The van der Waals surface area contributed by atoms with Gasteiger partial charge in [-0.2, -0.15) is 13.2 Å². The SMILES string of the molecule is FC(F)(F)c1ncc2c(n1)CN(Cc1ccncc1)CC2. The fourth-order valence-electron chi connectivity index (χ4n) is 2.38. The highest BCUT2D eigenvalue weighted by atomic mass is 19.4. The molecule has 0 atom stereocenters. The second-order valence-corrected chi connectivity index (χ2v) is 4.98. The first kappa shape index (κ1) is 13.9. The molecule has 3 rings (SSSR count). The Morgan fingerprint density at radius 1 is 1.19 bits per heavy atom. The number of hydrogen-bond acceptors (Lipinski definition) is 4. The molecule has 0 radical (unpaired) electrons. The molecule has 4 nitrogen and oxygen atoms in total. The quantitative estimate of drug-likeness (QED) is 0.853. The summed E-state index contributed by atoms with van der Waals surface area (Å²) in [5.41, 5.74) is 2.35. The number of aromatic nitrogens is 3. The predicted octanol–water partition coefficient (Wildman–Crippen LogP) is 2.45. The largest absolute Gasteiger partial charge is 0.451 e. The van der Waals surface area contributed by atoms with Crippen LogP contribution in [0, 0.1) is 0 Å². The van der Waals surface area contributed by atoms with E-state index in [4.69, 9.17) is 0 Å². The number of alkyl halides is 3. The van der Waals surface area contributed by atoms with Gasteiger partial charge in [-0.3, -0.25) is 9.88 Å². The van der Waals surface area contributed by atoms with E-state index in [2.05, 4.69) is 19.9 Å². The van der Waals surface area contributed by atoms with E-state index in [1.807, 2.05) is 12.1 Å². The van der Waals surface area contributed by atoms with Crippen LogP contribution in [0.3, 0.4) is 0 Å². The molecule has 0 saturated carbocycles. The molecular weight excluding hydrogens is 281 g/mol. The van der Waals surface area contributed by atoms with Crippen LogP contribution in [0.1, 0.15) is 22.6 Å². The third-order valence-electron chi connectivity index (χ3n) is 3.43. The van der Waals surface area contributed by atoms with Crippen molar-refractivity contribution >= 4 is 0 Å². The van der Waals surface area contributed by atoms with Crippen LogP contribution >= 0.6 is 0 Å². The van der Waals surface area contributed by atoms with Gasteiger partial charge in [0.2, 0.25) is 5.82 Å². The van der Waals surface area contributed by atoms with Crippen molar-refractivity contribution in [3.63, 3.8) is 0 Å². The normalized spacial score (nSPS) is 15.8. The zero-order valence-electron chi connectivity index (χ0n) is 11.1. The Morgan fingerprint density at radius 3 is 2.67 bits per heavy atom. The van der Waals surface area contributed by atoms with Crippen LogP contribution in [-0.4, -0.2) is 26.4 Å². The van der Waals surface area contributed by atoms with Gasteiger partial charge >= 0.3 is 6.18 Å². The number of fused-ring (bicyclic) bond motifs is 1. The number of nitrogens with zero attached hydrogens (tertiary/aromatic N) is 4. The third-order valence-corrected chi connectivity index (χ3v) is 3.43. The minimum absolute atomic E-state index is 0.406. The first-order chi connectivity index (χ1) is 10.0. The first-order valence-corrected chi connectivity index (χ1v) is 6.55. The molecule has 0 saturated heterocycles. The van der Waals surface area contributed by atoms with Crippen LogP contribution in [-0.2, 0) is 25.7 Å². The van der Waals surface area contributed by atoms with Crippen molar-refractivity contribution < 1.29 is 13.2 Å². The van der Waals surface area contributed by atoms with Crippen LogP contribution in [0.25, 0.3) is 0 Å². The summed E-state index contributed by atoms with van der Waals surface area (Å²) in [5, 5.41) is 0. The monoisotopic (exact) mass is 294 g/mol. The summed E-state index contributed by atoms with van der Waals surface area (Å²) in [6, 6.07) is 3.80. The summed E-state index contributed by atoms with van der Waals surface area (Å²) < 4.78 is 38.0. The van der Waals surface area contributed by atoms with Gasteiger partial charge in [0, 0.05) is 38.2 Å². The van der Waals surface area contributed by atoms with Gasteiger partial charge in [-0.15, -0.1) is 0 Å². The third kappa shape index (κ3) is 3.18. The van der Waals surface area contributed by atoms with Gasteiger partial charge in [0.1, 0.15) is 0 Å². The van der Waals surface area contributed by atoms with E-state index in [0.717, 1.165) is 17.7 Å². The van der Waals surface area contributed by atoms with E-state index in [1.54, 1.807) is 12.4 Å². The standard InChI is InChI=1S/C14H13F3N4/c15-14(16,17)13-19-7-11-3-6-21(9-12(11)20-13)8-10-1-4-18-5-2-10/h1-2,4-5,7H,3,6,8-9H2. The summed E-state index contributed by atoms with van der Waals surface area (Å²) in [6.07, 6.45) is 0.879. The van der Waals surface area contributed by atoms with Crippen LogP contribution in [0.2, 0.25) is 0 Å². The minimum Gasteiger partial charge on any atom is -0.293 e. The van der Waals surface area contributed by atoms with Gasteiger partial charge < -0.3 is 0 Å². The van der Waals surface area contributed by atoms with E-state index in [9.17, 15) is 13.2 Å². The molecule has 110 valence electrons.